The number of rotatable bonds is 4. The van der Waals surface area contributed by atoms with Crippen molar-refractivity contribution >= 4 is 5.95 Å². The highest BCUT2D eigenvalue weighted by molar-refractivity contribution is 5.53. The van der Waals surface area contributed by atoms with Gasteiger partial charge in [-0.05, 0) is 25.5 Å². The molecule has 0 saturated carbocycles. The first-order valence-corrected chi connectivity index (χ1v) is 6.68. The molecule has 1 aromatic heterocycles. The predicted octanol–water partition coefficient (Wildman–Crippen LogP) is 3.32. The van der Waals surface area contributed by atoms with Crippen molar-refractivity contribution in [2.24, 2.45) is 0 Å². The maximum Gasteiger partial charge on any atom is 0.586 e. The standard InChI is InChI=1S/C14H15F2N3O2/c1-3-6-17-13-18-9(2)8-19(13)10-4-5-11-12(7-10)21-14(15,16)20-11/h4-5,7-8H,3,6H2,1-2H3,(H,17,18). The van der Waals surface area contributed by atoms with E-state index in [-0.39, 0.29) is 11.5 Å². The summed E-state index contributed by atoms with van der Waals surface area (Å²) in [6.07, 6.45) is -0.817. The van der Waals surface area contributed by atoms with Gasteiger partial charge in [-0.25, -0.2) is 4.98 Å². The summed E-state index contributed by atoms with van der Waals surface area (Å²) in [4.78, 5) is 4.38. The molecule has 2 aromatic rings. The minimum absolute atomic E-state index is 0.0188. The molecule has 3 rings (SSSR count). The molecule has 0 aliphatic carbocycles. The molecule has 1 aliphatic heterocycles. The van der Waals surface area contributed by atoms with Crippen molar-refractivity contribution in [3.05, 3.63) is 30.1 Å². The zero-order valence-electron chi connectivity index (χ0n) is 11.7. The molecule has 2 heterocycles. The Morgan fingerprint density at radius 1 is 1.29 bits per heavy atom. The molecule has 0 radical (unpaired) electrons. The van der Waals surface area contributed by atoms with Crippen LogP contribution < -0.4 is 14.8 Å². The molecular weight excluding hydrogens is 280 g/mol. The molecule has 0 saturated heterocycles. The molecule has 0 amide bonds. The highest BCUT2D eigenvalue weighted by atomic mass is 19.3. The van der Waals surface area contributed by atoms with Crippen molar-refractivity contribution in [1.82, 2.24) is 9.55 Å². The van der Waals surface area contributed by atoms with Crippen molar-refractivity contribution in [2.45, 2.75) is 26.6 Å². The molecule has 112 valence electrons. The van der Waals surface area contributed by atoms with Gasteiger partial charge in [-0.15, -0.1) is 8.78 Å². The number of anilines is 1. The first kappa shape index (κ1) is 13.7. The lowest BCUT2D eigenvalue weighted by Gasteiger charge is -2.09. The van der Waals surface area contributed by atoms with Crippen molar-refractivity contribution in [3.8, 4) is 17.2 Å². The number of imidazole rings is 1. The van der Waals surface area contributed by atoms with Crippen molar-refractivity contribution in [3.63, 3.8) is 0 Å². The largest absolute Gasteiger partial charge is 0.586 e. The molecule has 0 bridgehead atoms. The lowest BCUT2D eigenvalue weighted by Crippen LogP contribution is -2.25. The summed E-state index contributed by atoms with van der Waals surface area (Å²) in [5.74, 6) is 0.717. The number of halogens is 2. The van der Waals surface area contributed by atoms with Crippen LogP contribution in [-0.2, 0) is 0 Å². The summed E-state index contributed by atoms with van der Waals surface area (Å²) in [5, 5.41) is 3.20. The second-order valence-electron chi connectivity index (χ2n) is 4.80. The van der Waals surface area contributed by atoms with Crippen LogP contribution >= 0.6 is 0 Å². The summed E-state index contributed by atoms with van der Waals surface area (Å²) in [6, 6.07) is 4.65. The number of nitrogens with one attached hydrogen (secondary N) is 1. The smallest absolute Gasteiger partial charge is 0.395 e. The third kappa shape index (κ3) is 2.63. The monoisotopic (exact) mass is 295 g/mol. The SMILES string of the molecule is CCCNc1nc(C)cn1-c1ccc2c(c1)OC(F)(F)O2. The average Bonchev–Trinajstić information content (AvgIpc) is 2.93. The minimum Gasteiger partial charge on any atom is -0.395 e. The lowest BCUT2D eigenvalue weighted by molar-refractivity contribution is -0.286. The second kappa shape index (κ2) is 4.91. The number of benzene rings is 1. The predicted molar refractivity (Wildman–Crippen MR) is 73.3 cm³/mol. The van der Waals surface area contributed by atoms with Gasteiger partial charge < -0.3 is 14.8 Å². The van der Waals surface area contributed by atoms with Gasteiger partial charge in [0.2, 0.25) is 5.95 Å². The fourth-order valence-corrected chi connectivity index (χ4v) is 2.14. The third-order valence-corrected chi connectivity index (χ3v) is 3.02. The molecule has 7 heteroatoms. The zero-order valence-corrected chi connectivity index (χ0v) is 11.7. The van der Waals surface area contributed by atoms with Gasteiger partial charge in [-0.1, -0.05) is 6.92 Å². The van der Waals surface area contributed by atoms with Gasteiger partial charge in [0.1, 0.15) is 0 Å². The van der Waals surface area contributed by atoms with Crippen molar-refractivity contribution in [1.29, 1.82) is 0 Å². The number of hydrogen-bond acceptors (Lipinski definition) is 4. The summed E-state index contributed by atoms with van der Waals surface area (Å²) in [7, 11) is 0. The molecule has 0 unspecified atom stereocenters. The topological polar surface area (TPSA) is 48.3 Å². The maximum absolute atomic E-state index is 13.0. The number of aryl methyl sites for hydroxylation is 1. The number of ether oxygens (including phenoxy) is 2. The highest BCUT2D eigenvalue weighted by Crippen LogP contribution is 2.42. The van der Waals surface area contributed by atoms with Crippen LogP contribution in [-0.4, -0.2) is 22.4 Å². The Bertz CT molecular complexity index is 670. The van der Waals surface area contributed by atoms with Gasteiger partial charge in [0.25, 0.3) is 0 Å². The number of aromatic nitrogens is 2. The molecule has 0 spiro atoms. The lowest BCUT2D eigenvalue weighted by atomic mass is 10.3. The molecule has 1 aliphatic rings. The van der Waals surface area contributed by atoms with E-state index < -0.39 is 6.29 Å². The molecule has 1 N–H and O–H groups in total. The maximum atomic E-state index is 13.0. The van der Waals surface area contributed by atoms with Gasteiger partial charge in [-0.3, -0.25) is 4.57 Å². The second-order valence-corrected chi connectivity index (χ2v) is 4.80. The van der Waals surface area contributed by atoms with Gasteiger partial charge >= 0.3 is 6.29 Å². The Kier molecular flexibility index (Phi) is 3.19. The molecule has 0 fully saturated rings. The van der Waals surface area contributed by atoms with E-state index in [1.807, 2.05) is 13.1 Å². The molecule has 0 atom stereocenters. The number of hydrogen-bond donors (Lipinski definition) is 1. The van der Waals surface area contributed by atoms with E-state index in [9.17, 15) is 8.78 Å². The highest BCUT2D eigenvalue weighted by Gasteiger charge is 2.43. The Balaban J connectivity index is 1.95. The molecule has 21 heavy (non-hydrogen) atoms. The van der Waals surface area contributed by atoms with Crippen LogP contribution in [0.1, 0.15) is 19.0 Å². The Labute approximate surface area is 120 Å². The van der Waals surface area contributed by atoms with Crippen LogP contribution in [0.25, 0.3) is 5.69 Å². The quantitative estimate of drug-likeness (QED) is 0.940. The van der Waals surface area contributed by atoms with Crippen LogP contribution in [0.3, 0.4) is 0 Å². The Morgan fingerprint density at radius 3 is 2.81 bits per heavy atom. The van der Waals surface area contributed by atoms with Crippen LogP contribution in [0.15, 0.2) is 24.4 Å². The van der Waals surface area contributed by atoms with Crippen LogP contribution in [0.5, 0.6) is 11.5 Å². The Morgan fingerprint density at radius 2 is 2.05 bits per heavy atom. The van der Waals surface area contributed by atoms with Crippen LogP contribution in [0.4, 0.5) is 14.7 Å². The summed E-state index contributed by atoms with van der Waals surface area (Å²) in [6.45, 7) is 4.70. The molecular formula is C14H15F2N3O2. The fraction of sp³-hybridized carbons (Fsp3) is 0.357. The van der Waals surface area contributed by atoms with Gasteiger partial charge in [-0.2, -0.15) is 0 Å². The van der Waals surface area contributed by atoms with Crippen LogP contribution in [0, 0.1) is 6.92 Å². The minimum atomic E-state index is -3.60. The van der Waals surface area contributed by atoms with E-state index in [0.717, 1.165) is 18.7 Å². The summed E-state index contributed by atoms with van der Waals surface area (Å²) in [5.41, 5.74) is 1.51. The fourth-order valence-electron chi connectivity index (χ4n) is 2.14. The van der Waals surface area contributed by atoms with E-state index in [0.29, 0.717) is 11.6 Å². The average molecular weight is 295 g/mol. The van der Waals surface area contributed by atoms with E-state index in [1.165, 1.54) is 12.1 Å². The van der Waals surface area contributed by atoms with Gasteiger partial charge in [0.05, 0.1) is 11.4 Å². The molecule has 5 nitrogen and oxygen atoms in total. The first-order chi connectivity index (χ1) is 9.98. The van der Waals surface area contributed by atoms with E-state index in [4.69, 9.17) is 0 Å². The van der Waals surface area contributed by atoms with E-state index in [2.05, 4.69) is 26.7 Å². The Hall–Kier alpha value is -2.31. The first-order valence-electron chi connectivity index (χ1n) is 6.68. The molecule has 1 aromatic carbocycles. The summed E-state index contributed by atoms with van der Waals surface area (Å²) >= 11 is 0. The number of nitrogens with zero attached hydrogens (tertiary/aromatic N) is 2. The van der Waals surface area contributed by atoms with Gasteiger partial charge in [0.15, 0.2) is 11.5 Å². The van der Waals surface area contributed by atoms with Crippen molar-refractivity contribution < 1.29 is 18.3 Å². The van der Waals surface area contributed by atoms with Crippen molar-refractivity contribution in [2.75, 3.05) is 11.9 Å². The zero-order chi connectivity index (χ0) is 15.0. The van der Waals surface area contributed by atoms with E-state index >= 15 is 0 Å². The van der Waals surface area contributed by atoms with E-state index in [1.54, 1.807) is 10.6 Å². The normalized spacial score (nSPS) is 15.2. The number of alkyl halides is 2. The van der Waals surface area contributed by atoms with Crippen LogP contribution in [0.2, 0.25) is 0 Å². The third-order valence-electron chi connectivity index (χ3n) is 3.02. The summed E-state index contributed by atoms with van der Waals surface area (Å²) < 4.78 is 36.8. The number of fused-ring (bicyclic) bond motifs is 1. The van der Waals surface area contributed by atoms with Gasteiger partial charge in [0, 0.05) is 18.8 Å².